The number of benzene rings is 2. The van der Waals surface area contributed by atoms with E-state index in [1.807, 2.05) is 24.3 Å². The first-order chi connectivity index (χ1) is 8.66. The van der Waals surface area contributed by atoms with Gasteiger partial charge in [0.15, 0.2) is 0 Å². The van der Waals surface area contributed by atoms with Crippen molar-refractivity contribution in [3.05, 3.63) is 48.0 Å². The van der Waals surface area contributed by atoms with Gasteiger partial charge in [-0.3, -0.25) is 0 Å². The lowest BCUT2D eigenvalue weighted by atomic mass is 10.1. The van der Waals surface area contributed by atoms with Crippen LogP contribution in [-0.2, 0) is 0 Å². The number of aromatic hydroxyl groups is 1. The maximum absolute atomic E-state index is 11.2. The van der Waals surface area contributed by atoms with Crippen LogP contribution in [0.25, 0.3) is 21.8 Å². The molecule has 0 aliphatic carbocycles. The number of aromatic nitrogens is 1. The van der Waals surface area contributed by atoms with Gasteiger partial charge in [0.25, 0.3) is 0 Å². The molecule has 0 radical (unpaired) electrons. The summed E-state index contributed by atoms with van der Waals surface area (Å²) in [4.78, 5) is 15.5. The molecule has 4 heteroatoms. The lowest BCUT2D eigenvalue weighted by Crippen LogP contribution is -1.98. The lowest BCUT2D eigenvalue weighted by Gasteiger charge is -2.06. The molecule has 2 N–H and O–H groups in total. The molecule has 0 unspecified atom stereocenters. The number of hydrogen-bond donors (Lipinski definition) is 2. The number of aromatic carboxylic acids is 1. The first-order valence-electron chi connectivity index (χ1n) is 5.41. The minimum absolute atomic E-state index is 0.0132. The summed E-state index contributed by atoms with van der Waals surface area (Å²) < 4.78 is 0. The lowest BCUT2D eigenvalue weighted by molar-refractivity contribution is 0.0699. The molecule has 0 amide bonds. The number of pyridine rings is 1. The molecule has 0 bridgehead atoms. The van der Waals surface area contributed by atoms with Crippen molar-refractivity contribution in [1.29, 1.82) is 0 Å². The summed E-state index contributed by atoms with van der Waals surface area (Å²) in [5, 5.41) is 20.2. The first-order valence-corrected chi connectivity index (χ1v) is 5.41. The van der Waals surface area contributed by atoms with Crippen molar-refractivity contribution < 1.29 is 15.0 Å². The fourth-order valence-electron chi connectivity index (χ4n) is 2.03. The van der Waals surface area contributed by atoms with Crippen molar-refractivity contribution in [2.45, 2.75) is 0 Å². The molecule has 18 heavy (non-hydrogen) atoms. The average Bonchev–Trinajstić information content (AvgIpc) is 2.37. The first kappa shape index (κ1) is 10.5. The van der Waals surface area contributed by atoms with Crippen LogP contribution < -0.4 is 0 Å². The van der Waals surface area contributed by atoms with Crippen LogP contribution in [0.1, 0.15) is 10.4 Å². The Balaban J connectivity index is 2.52. The molecular formula is C14H9NO3. The van der Waals surface area contributed by atoms with Gasteiger partial charge in [0.1, 0.15) is 11.3 Å². The fourth-order valence-corrected chi connectivity index (χ4v) is 2.03. The Bertz CT molecular complexity index is 780. The number of hydrogen-bond acceptors (Lipinski definition) is 3. The molecule has 1 aromatic heterocycles. The molecule has 0 aliphatic heterocycles. The summed E-state index contributed by atoms with van der Waals surface area (Å²) in [7, 11) is 0. The van der Waals surface area contributed by atoms with Crippen LogP contribution in [0.2, 0.25) is 0 Å². The number of nitrogens with zero attached hydrogens (tertiary/aromatic N) is 1. The van der Waals surface area contributed by atoms with E-state index in [-0.39, 0.29) is 11.3 Å². The average molecular weight is 239 g/mol. The van der Waals surface area contributed by atoms with Crippen molar-refractivity contribution in [3.8, 4) is 5.75 Å². The van der Waals surface area contributed by atoms with Crippen molar-refractivity contribution in [1.82, 2.24) is 4.98 Å². The molecule has 0 spiro atoms. The van der Waals surface area contributed by atoms with E-state index in [0.29, 0.717) is 10.9 Å². The summed E-state index contributed by atoms with van der Waals surface area (Å²) >= 11 is 0. The summed E-state index contributed by atoms with van der Waals surface area (Å²) in [5.74, 6) is -1.04. The Morgan fingerprint density at radius 2 is 1.89 bits per heavy atom. The van der Waals surface area contributed by atoms with Crippen LogP contribution in [0.4, 0.5) is 0 Å². The third kappa shape index (κ3) is 1.47. The number of rotatable bonds is 1. The molecule has 0 saturated carbocycles. The van der Waals surface area contributed by atoms with E-state index in [2.05, 4.69) is 4.98 Å². The summed E-state index contributed by atoms with van der Waals surface area (Å²) in [6.45, 7) is 0. The number of para-hydroxylation sites is 1. The fraction of sp³-hybridized carbons (Fsp3) is 0. The van der Waals surface area contributed by atoms with Gasteiger partial charge in [0.2, 0.25) is 0 Å². The second-order valence-electron chi connectivity index (χ2n) is 4.01. The van der Waals surface area contributed by atoms with E-state index in [9.17, 15) is 9.90 Å². The molecule has 2 aromatic carbocycles. The van der Waals surface area contributed by atoms with Crippen molar-refractivity contribution in [2.24, 2.45) is 0 Å². The van der Waals surface area contributed by atoms with Gasteiger partial charge in [-0.15, -0.1) is 0 Å². The van der Waals surface area contributed by atoms with Crippen LogP contribution in [0, 0.1) is 0 Å². The normalized spacial score (nSPS) is 10.9. The molecule has 0 aliphatic rings. The number of fused-ring (bicyclic) bond motifs is 2. The number of carboxylic acid groups (broad SMARTS) is 1. The maximum atomic E-state index is 11.2. The molecule has 1 heterocycles. The number of carboxylic acids is 1. The van der Waals surface area contributed by atoms with Gasteiger partial charge in [-0.2, -0.15) is 0 Å². The highest BCUT2D eigenvalue weighted by Crippen LogP contribution is 2.29. The van der Waals surface area contributed by atoms with Crippen LogP contribution in [-0.4, -0.2) is 21.2 Å². The van der Waals surface area contributed by atoms with Gasteiger partial charge in [-0.05, 0) is 24.3 Å². The van der Waals surface area contributed by atoms with Gasteiger partial charge in [-0.1, -0.05) is 18.2 Å². The van der Waals surface area contributed by atoms with Crippen molar-refractivity contribution in [3.63, 3.8) is 0 Å². The predicted molar refractivity (Wildman–Crippen MR) is 67.9 cm³/mol. The van der Waals surface area contributed by atoms with Crippen LogP contribution in [0.5, 0.6) is 5.75 Å². The van der Waals surface area contributed by atoms with Crippen molar-refractivity contribution >= 4 is 27.8 Å². The molecule has 4 nitrogen and oxygen atoms in total. The third-order valence-corrected chi connectivity index (χ3v) is 2.90. The molecular weight excluding hydrogens is 230 g/mol. The van der Waals surface area contributed by atoms with Gasteiger partial charge in [0.05, 0.1) is 11.1 Å². The van der Waals surface area contributed by atoms with Crippen LogP contribution in [0.3, 0.4) is 0 Å². The van der Waals surface area contributed by atoms with E-state index in [1.54, 1.807) is 6.07 Å². The van der Waals surface area contributed by atoms with Gasteiger partial charge in [0, 0.05) is 10.8 Å². The monoisotopic (exact) mass is 239 g/mol. The quantitative estimate of drug-likeness (QED) is 0.640. The predicted octanol–water partition coefficient (Wildman–Crippen LogP) is 2.79. The van der Waals surface area contributed by atoms with Gasteiger partial charge < -0.3 is 10.2 Å². The topological polar surface area (TPSA) is 70.4 Å². The third-order valence-electron chi connectivity index (χ3n) is 2.90. The summed E-state index contributed by atoms with van der Waals surface area (Å²) in [6.07, 6.45) is 0. The Morgan fingerprint density at radius 3 is 2.67 bits per heavy atom. The van der Waals surface area contributed by atoms with Crippen LogP contribution >= 0.6 is 0 Å². The number of phenolic OH excluding ortho intramolecular Hbond substituents is 1. The highest BCUT2D eigenvalue weighted by atomic mass is 16.4. The Kier molecular flexibility index (Phi) is 2.16. The zero-order valence-corrected chi connectivity index (χ0v) is 9.29. The SMILES string of the molecule is O=C(O)c1ccc(O)c2nc3ccccc3cc12. The smallest absolute Gasteiger partial charge is 0.336 e. The van der Waals surface area contributed by atoms with Crippen LogP contribution in [0.15, 0.2) is 42.5 Å². The minimum Gasteiger partial charge on any atom is -0.506 e. The second kappa shape index (κ2) is 3.70. The zero-order valence-electron chi connectivity index (χ0n) is 9.29. The molecule has 0 atom stereocenters. The zero-order chi connectivity index (χ0) is 12.7. The summed E-state index contributed by atoms with van der Waals surface area (Å²) in [6, 6.07) is 11.9. The van der Waals surface area contributed by atoms with Gasteiger partial charge in [-0.25, -0.2) is 9.78 Å². The Hall–Kier alpha value is -2.62. The standard InChI is InChI=1S/C14H9NO3/c16-12-6-5-9(14(17)18)10-7-8-3-1-2-4-11(8)15-13(10)12/h1-7,16H,(H,17,18). The highest BCUT2D eigenvalue weighted by molar-refractivity contribution is 6.07. The molecule has 3 rings (SSSR count). The van der Waals surface area contributed by atoms with E-state index in [0.717, 1.165) is 10.9 Å². The van der Waals surface area contributed by atoms with Gasteiger partial charge >= 0.3 is 5.97 Å². The van der Waals surface area contributed by atoms with E-state index >= 15 is 0 Å². The maximum Gasteiger partial charge on any atom is 0.336 e. The minimum atomic E-state index is -1.03. The van der Waals surface area contributed by atoms with E-state index in [4.69, 9.17) is 5.11 Å². The van der Waals surface area contributed by atoms with E-state index in [1.165, 1.54) is 12.1 Å². The second-order valence-corrected chi connectivity index (χ2v) is 4.01. The highest BCUT2D eigenvalue weighted by Gasteiger charge is 2.12. The summed E-state index contributed by atoms with van der Waals surface area (Å²) in [5.41, 5.74) is 1.18. The largest absolute Gasteiger partial charge is 0.506 e. The molecule has 88 valence electrons. The Labute approximate surface area is 102 Å². The van der Waals surface area contributed by atoms with Crippen molar-refractivity contribution in [2.75, 3.05) is 0 Å². The Morgan fingerprint density at radius 1 is 1.11 bits per heavy atom. The molecule has 0 fully saturated rings. The number of carbonyl (C=O) groups is 1. The molecule has 0 saturated heterocycles. The molecule has 3 aromatic rings. The van der Waals surface area contributed by atoms with E-state index < -0.39 is 5.97 Å². The number of phenols is 1.